The van der Waals surface area contributed by atoms with Gasteiger partial charge in [-0.25, -0.2) is 0 Å². The molecule has 4 heterocycles. The Labute approximate surface area is 378 Å². The Morgan fingerprint density at radius 1 is 0.662 bits per heavy atom. The summed E-state index contributed by atoms with van der Waals surface area (Å²) in [7, 11) is 0. The summed E-state index contributed by atoms with van der Waals surface area (Å²) in [5.41, 5.74) is -0.0705. The number of fused-ring (bicyclic) bond motifs is 7. The van der Waals surface area contributed by atoms with E-state index >= 15 is 0 Å². The van der Waals surface area contributed by atoms with E-state index in [4.69, 9.17) is 33.2 Å². The van der Waals surface area contributed by atoms with Gasteiger partial charge in [0.15, 0.2) is 24.7 Å². The van der Waals surface area contributed by atoms with Crippen LogP contribution in [0.3, 0.4) is 0 Å². The molecular weight excluding hydrogens is 860 g/mol. The van der Waals surface area contributed by atoms with Crippen molar-refractivity contribution in [1.29, 1.82) is 0 Å². The van der Waals surface area contributed by atoms with Gasteiger partial charge < -0.3 is 99.5 Å². The Hall–Kier alpha value is -1.06. The van der Waals surface area contributed by atoms with Gasteiger partial charge in [0.1, 0.15) is 73.2 Å². The van der Waals surface area contributed by atoms with Crippen LogP contribution in [0.25, 0.3) is 0 Å². The van der Waals surface area contributed by atoms with Crippen LogP contribution in [0.2, 0.25) is 0 Å². The smallest absolute Gasteiger partial charge is 0.187 e. The van der Waals surface area contributed by atoms with Gasteiger partial charge in [-0.1, -0.05) is 32.9 Å². The molecule has 374 valence electrons. The zero-order valence-electron chi connectivity index (χ0n) is 37.4. The molecule has 0 amide bonds. The van der Waals surface area contributed by atoms with E-state index in [9.17, 15) is 66.4 Å². The molecular formula is C45H74O20. The van der Waals surface area contributed by atoms with Gasteiger partial charge in [-0.05, 0) is 80.5 Å². The van der Waals surface area contributed by atoms with Crippen molar-refractivity contribution in [3.05, 3.63) is 12.2 Å². The molecule has 8 fully saturated rings. The van der Waals surface area contributed by atoms with Crippen molar-refractivity contribution in [2.24, 2.45) is 46.3 Å². The van der Waals surface area contributed by atoms with Crippen LogP contribution in [-0.2, 0) is 33.2 Å². The average Bonchev–Trinajstić information content (AvgIpc) is 3.73. The second kappa shape index (κ2) is 19.3. The van der Waals surface area contributed by atoms with Crippen LogP contribution < -0.4 is 0 Å². The zero-order chi connectivity index (χ0) is 47.1. The van der Waals surface area contributed by atoms with Crippen molar-refractivity contribution in [2.75, 3.05) is 26.4 Å². The highest BCUT2D eigenvalue weighted by atomic mass is 16.8. The van der Waals surface area contributed by atoms with Crippen LogP contribution in [0.1, 0.15) is 78.6 Å². The highest BCUT2D eigenvalue weighted by Crippen LogP contribution is 2.71. The maximum atomic E-state index is 12.3. The molecule has 20 heteroatoms. The Kier molecular flexibility index (Phi) is 14.9. The molecule has 0 unspecified atom stereocenters. The monoisotopic (exact) mass is 934 g/mol. The number of rotatable bonds is 13. The molecule has 27 atom stereocenters. The van der Waals surface area contributed by atoms with E-state index in [0.29, 0.717) is 43.6 Å². The summed E-state index contributed by atoms with van der Waals surface area (Å²) in [5.74, 6) is -1.02. The molecule has 0 aromatic heterocycles. The minimum atomic E-state index is -1.78. The lowest BCUT2D eigenvalue weighted by atomic mass is 9.43. The first-order valence-electron chi connectivity index (χ1n) is 23.6. The predicted octanol–water partition coefficient (Wildman–Crippen LogP) is -2.89. The third kappa shape index (κ3) is 8.70. The highest BCUT2D eigenvalue weighted by Gasteiger charge is 2.71. The van der Waals surface area contributed by atoms with Gasteiger partial charge >= 0.3 is 0 Å². The fourth-order valence-corrected chi connectivity index (χ4v) is 13.9. The molecule has 0 aromatic rings. The lowest BCUT2D eigenvalue weighted by Gasteiger charge is -2.62. The molecule has 65 heavy (non-hydrogen) atoms. The van der Waals surface area contributed by atoms with Crippen LogP contribution >= 0.6 is 0 Å². The van der Waals surface area contributed by atoms with E-state index in [1.807, 2.05) is 6.92 Å². The van der Waals surface area contributed by atoms with Crippen molar-refractivity contribution in [3.63, 3.8) is 0 Å². The van der Waals surface area contributed by atoms with E-state index in [0.717, 1.165) is 19.3 Å². The van der Waals surface area contributed by atoms with E-state index in [-0.39, 0.29) is 60.2 Å². The topological polar surface area (TPSA) is 328 Å². The second-order valence-electron chi connectivity index (χ2n) is 21.1. The Morgan fingerprint density at radius 3 is 1.88 bits per heavy atom. The van der Waals surface area contributed by atoms with Gasteiger partial charge in [0.05, 0.1) is 44.7 Å². The number of aliphatic hydroxyl groups excluding tert-OH is 12. The third-order valence-corrected chi connectivity index (χ3v) is 17.8. The molecule has 0 bridgehead atoms. The summed E-state index contributed by atoms with van der Waals surface area (Å²) in [4.78, 5) is 0. The lowest BCUT2D eigenvalue weighted by Crippen LogP contribution is -2.65. The van der Waals surface area contributed by atoms with Crippen molar-refractivity contribution >= 4 is 0 Å². The standard InChI is InChI=1S/C45H74O20/c1-18(17-59-40-37(56)34(53)31(50)26(14-46)61-40)7-10-45(58)19(2)30-25(65-45)12-24-22-6-5-20-11-21(8-9-43(20,3)23(22)13-29(49)44(24,30)4)60-42-39(36(55)33(52)28(16-48)63-42)64-41-38(57)35(54)32(51)27(15-47)62-41/h19-42,46-58H,1,5-17H2,2-4H3/t19-,20-,21-,22+,23-,24-,25-,26+,27-,28-,29-,30-,31+,32-,33-,34-,35+,36+,37+,38-,39-,40+,41+,42-,43-,44-,45+/m0/s1. The quantitative estimate of drug-likeness (QED) is 0.0651. The molecule has 4 aliphatic carbocycles. The summed E-state index contributed by atoms with van der Waals surface area (Å²) >= 11 is 0. The minimum absolute atomic E-state index is 0.0690. The zero-order valence-corrected chi connectivity index (χ0v) is 37.4. The number of hydrogen-bond donors (Lipinski definition) is 13. The normalized spacial score (nSPS) is 55.5. The highest BCUT2D eigenvalue weighted by molar-refractivity contribution is 5.18. The number of ether oxygens (including phenoxy) is 7. The number of aliphatic hydroxyl groups is 13. The summed E-state index contributed by atoms with van der Waals surface area (Å²) in [5, 5.41) is 137. The van der Waals surface area contributed by atoms with Gasteiger partial charge in [0.25, 0.3) is 0 Å². The molecule has 0 aromatic carbocycles. The molecule has 8 rings (SSSR count). The Morgan fingerprint density at radius 2 is 1.25 bits per heavy atom. The van der Waals surface area contributed by atoms with Gasteiger partial charge in [0, 0.05) is 23.7 Å². The van der Waals surface area contributed by atoms with E-state index in [1.54, 1.807) is 0 Å². The van der Waals surface area contributed by atoms with E-state index in [2.05, 4.69) is 20.4 Å². The molecule has 4 saturated heterocycles. The summed E-state index contributed by atoms with van der Waals surface area (Å²) in [6.45, 7) is 8.57. The summed E-state index contributed by atoms with van der Waals surface area (Å²) < 4.78 is 41.6. The maximum absolute atomic E-state index is 12.3. The van der Waals surface area contributed by atoms with Crippen LogP contribution in [0.15, 0.2) is 12.2 Å². The number of hydrogen-bond acceptors (Lipinski definition) is 20. The molecule has 8 aliphatic rings. The van der Waals surface area contributed by atoms with Crippen LogP contribution in [-0.4, -0.2) is 209 Å². The van der Waals surface area contributed by atoms with Gasteiger partial charge in [-0.15, -0.1) is 0 Å². The molecule has 4 saturated carbocycles. The molecule has 0 spiro atoms. The first-order chi connectivity index (χ1) is 30.7. The molecule has 4 aliphatic heterocycles. The molecule has 0 radical (unpaired) electrons. The lowest BCUT2D eigenvalue weighted by molar-refractivity contribution is -0.373. The minimum Gasteiger partial charge on any atom is -0.394 e. The van der Waals surface area contributed by atoms with E-state index in [1.165, 1.54) is 0 Å². The van der Waals surface area contributed by atoms with Crippen molar-refractivity contribution in [2.45, 2.75) is 195 Å². The second-order valence-corrected chi connectivity index (χ2v) is 21.1. The van der Waals surface area contributed by atoms with Crippen molar-refractivity contribution < 1.29 is 99.5 Å². The predicted molar refractivity (Wildman–Crippen MR) is 220 cm³/mol. The van der Waals surface area contributed by atoms with Gasteiger partial charge in [0.2, 0.25) is 0 Å². The first kappa shape index (κ1) is 50.3. The SMILES string of the molecule is C=C(CC[C@@]1(O)O[C@H]2C[C@H]3[C@@H]4CC[C@H]5C[C@@H](O[C@H]6O[C@@H](CO)[C@H](O)[C@@H](O)[C@@H]6O[C@H]6O[C@@H](CO)[C@H](O)[C@@H](O)[C@@H]6O)CC[C@]5(C)[C@H]4C[C@H](O)[C@@]3(C)[C@H]2[C@@H]1C)CO[C@@H]1O[C@H](CO)[C@@H](O)[C@H](O)[C@H]1O. The Bertz CT molecular complexity index is 1640. The largest absolute Gasteiger partial charge is 0.394 e. The third-order valence-electron chi connectivity index (χ3n) is 17.8. The molecule has 13 N–H and O–H groups in total. The van der Waals surface area contributed by atoms with Crippen molar-refractivity contribution in [1.82, 2.24) is 0 Å². The van der Waals surface area contributed by atoms with Crippen molar-refractivity contribution in [3.8, 4) is 0 Å². The van der Waals surface area contributed by atoms with Crippen LogP contribution in [0.4, 0.5) is 0 Å². The van der Waals surface area contributed by atoms with Crippen LogP contribution in [0.5, 0.6) is 0 Å². The van der Waals surface area contributed by atoms with Gasteiger partial charge in [-0.3, -0.25) is 0 Å². The maximum Gasteiger partial charge on any atom is 0.187 e. The van der Waals surface area contributed by atoms with Gasteiger partial charge in [-0.2, -0.15) is 0 Å². The fraction of sp³-hybridized carbons (Fsp3) is 0.956. The first-order valence-corrected chi connectivity index (χ1v) is 23.6. The van der Waals surface area contributed by atoms with Crippen LogP contribution in [0, 0.1) is 46.3 Å². The molecule has 20 nitrogen and oxygen atoms in total. The summed E-state index contributed by atoms with van der Waals surface area (Å²) in [6.07, 6.45) is -18.0. The Balaban J connectivity index is 0.887. The fourth-order valence-electron chi connectivity index (χ4n) is 13.9. The average molecular weight is 935 g/mol. The summed E-state index contributed by atoms with van der Waals surface area (Å²) in [6, 6.07) is 0. The van der Waals surface area contributed by atoms with E-state index < -0.39 is 129 Å².